The molecule has 0 spiro atoms. The fourth-order valence-corrected chi connectivity index (χ4v) is 4.02. The Morgan fingerprint density at radius 3 is 2.38 bits per heavy atom. The lowest BCUT2D eigenvalue weighted by molar-refractivity contribution is -0.155. The monoisotopic (exact) mass is 359 g/mol. The predicted octanol–water partition coefficient (Wildman–Crippen LogP) is 0.950. The van der Waals surface area contributed by atoms with Crippen LogP contribution in [0, 0.1) is 11.8 Å². The first kappa shape index (κ1) is 18.4. The summed E-state index contributed by atoms with van der Waals surface area (Å²) in [6.07, 6.45) is 0. The van der Waals surface area contributed by atoms with Gasteiger partial charge >= 0.3 is 5.97 Å². The Bertz CT molecular complexity index is 746. The third-order valence-corrected chi connectivity index (χ3v) is 5.48. The van der Waals surface area contributed by atoms with Crippen LogP contribution < -0.4 is 10.2 Å². The van der Waals surface area contributed by atoms with E-state index in [9.17, 15) is 14.4 Å². The molecule has 2 aliphatic heterocycles. The number of amides is 2. The van der Waals surface area contributed by atoms with Gasteiger partial charge < -0.3 is 9.64 Å². The molecule has 7 nitrogen and oxygen atoms in total. The summed E-state index contributed by atoms with van der Waals surface area (Å²) >= 11 is 0. The van der Waals surface area contributed by atoms with Gasteiger partial charge in [-0.2, -0.15) is 0 Å². The van der Waals surface area contributed by atoms with Gasteiger partial charge in [0.05, 0.1) is 18.4 Å². The molecule has 7 heteroatoms. The van der Waals surface area contributed by atoms with Gasteiger partial charge in [-0.25, -0.2) is 0 Å². The topological polar surface area (TPSA) is 79.0 Å². The summed E-state index contributed by atoms with van der Waals surface area (Å²) in [4.78, 5) is 41.2. The lowest BCUT2D eigenvalue weighted by atomic mass is 9.80. The van der Waals surface area contributed by atoms with Gasteiger partial charge in [0.25, 0.3) is 0 Å². The quantitative estimate of drug-likeness (QED) is 0.637. The molecule has 140 valence electrons. The summed E-state index contributed by atoms with van der Waals surface area (Å²) in [6.45, 7) is 3.59. The molecule has 4 atom stereocenters. The van der Waals surface area contributed by atoms with Crippen LogP contribution in [0.4, 0.5) is 5.69 Å². The van der Waals surface area contributed by atoms with Crippen molar-refractivity contribution in [3.63, 3.8) is 0 Å². The Morgan fingerprint density at radius 2 is 1.85 bits per heavy atom. The second kappa shape index (κ2) is 6.39. The molecule has 1 aromatic rings. The first-order valence-corrected chi connectivity index (χ1v) is 8.76. The number of carbonyl (C=O) groups is 3. The molecule has 0 saturated carbocycles. The average molecular weight is 359 g/mol. The summed E-state index contributed by atoms with van der Waals surface area (Å²) in [5.74, 6) is -2.48. The maximum Gasteiger partial charge on any atom is 0.326 e. The summed E-state index contributed by atoms with van der Waals surface area (Å²) in [5, 5.41) is 3.24. The summed E-state index contributed by atoms with van der Waals surface area (Å²) in [6, 6.07) is 7.34. The number of nitrogens with one attached hydrogen (secondary N) is 1. The second-order valence-electron chi connectivity index (χ2n) is 7.27. The van der Waals surface area contributed by atoms with Crippen LogP contribution in [0.25, 0.3) is 0 Å². The number of hydrogen-bond donors (Lipinski definition) is 1. The molecule has 3 rings (SSSR count). The summed E-state index contributed by atoms with van der Waals surface area (Å²) in [7, 11) is 5.37. The molecular formula is C19H25N3O4. The van der Waals surface area contributed by atoms with E-state index in [1.807, 2.05) is 43.3 Å². The number of anilines is 1. The highest BCUT2D eigenvalue weighted by Gasteiger charge is 2.66. The van der Waals surface area contributed by atoms with E-state index in [1.54, 1.807) is 13.8 Å². The van der Waals surface area contributed by atoms with Crippen LogP contribution >= 0.6 is 0 Å². The first-order valence-electron chi connectivity index (χ1n) is 8.76. The zero-order valence-corrected chi connectivity index (χ0v) is 15.8. The van der Waals surface area contributed by atoms with Crippen LogP contribution in [-0.2, 0) is 19.1 Å². The molecule has 0 aromatic heterocycles. The van der Waals surface area contributed by atoms with Gasteiger partial charge in [0, 0.05) is 32.9 Å². The number of esters is 1. The van der Waals surface area contributed by atoms with Crippen molar-refractivity contribution in [1.82, 2.24) is 10.2 Å². The van der Waals surface area contributed by atoms with E-state index in [0.29, 0.717) is 0 Å². The van der Waals surface area contributed by atoms with E-state index in [2.05, 4.69) is 5.32 Å². The van der Waals surface area contributed by atoms with Crippen molar-refractivity contribution in [2.75, 3.05) is 32.6 Å². The van der Waals surface area contributed by atoms with Crippen molar-refractivity contribution in [3.05, 3.63) is 29.8 Å². The Balaban J connectivity index is 2.02. The summed E-state index contributed by atoms with van der Waals surface area (Å²) in [5.41, 5.74) is 0.667. The average Bonchev–Trinajstić information content (AvgIpc) is 3.05. The number of hydrogen-bond acceptors (Lipinski definition) is 6. The molecule has 1 aromatic carbocycles. The summed E-state index contributed by atoms with van der Waals surface area (Å²) < 4.78 is 5.20. The molecule has 26 heavy (non-hydrogen) atoms. The van der Waals surface area contributed by atoms with E-state index in [1.165, 1.54) is 7.05 Å². The van der Waals surface area contributed by atoms with Gasteiger partial charge in [-0.15, -0.1) is 0 Å². The molecule has 0 unspecified atom stereocenters. The molecule has 2 fully saturated rings. The molecule has 2 heterocycles. The number of imide groups is 1. The minimum absolute atomic E-state index is 0.216. The minimum Gasteiger partial charge on any atom is -0.465 e. The van der Waals surface area contributed by atoms with Crippen LogP contribution in [0.1, 0.15) is 25.5 Å². The number of benzene rings is 1. The van der Waals surface area contributed by atoms with E-state index < -0.39 is 29.4 Å². The Morgan fingerprint density at radius 1 is 1.23 bits per heavy atom. The standard InChI is InChI=1S/C19H25N3O4/c1-6-26-18(25)19(2)14-13(16(23)22(5)17(14)24)15(20-19)11-7-9-12(10-8-11)21(3)4/h7-10,13-15,20H,6H2,1-5H3/t13-,14-,15+,19+/m0/s1. The first-order chi connectivity index (χ1) is 12.2. The fourth-order valence-electron chi connectivity index (χ4n) is 4.02. The number of ether oxygens (including phenoxy) is 1. The van der Waals surface area contributed by atoms with Gasteiger partial charge in [-0.05, 0) is 31.5 Å². The molecular weight excluding hydrogens is 334 g/mol. The number of likely N-dealkylation sites (tertiary alicyclic amines) is 1. The number of nitrogens with zero attached hydrogens (tertiary/aromatic N) is 2. The lowest BCUT2D eigenvalue weighted by Gasteiger charge is -2.28. The van der Waals surface area contributed by atoms with Crippen molar-refractivity contribution in [1.29, 1.82) is 0 Å². The number of carbonyl (C=O) groups excluding carboxylic acids is 3. The molecule has 2 amide bonds. The zero-order valence-electron chi connectivity index (χ0n) is 15.8. The lowest BCUT2D eigenvalue weighted by Crippen LogP contribution is -2.53. The molecule has 0 bridgehead atoms. The van der Waals surface area contributed by atoms with Crippen LogP contribution in [0.15, 0.2) is 24.3 Å². The van der Waals surface area contributed by atoms with Gasteiger partial charge in [-0.3, -0.25) is 24.6 Å². The maximum atomic E-state index is 12.7. The largest absolute Gasteiger partial charge is 0.465 e. The number of fused-ring (bicyclic) bond motifs is 1. The molecule has 0 radical (unpaired) electrons. The molecule has 2 saturated heterocycles. The van der Waals surface area contributed by atoms with E-state index >= 15 is 0 Å². The normalized spacial score (nSPS) is 30.5. The SMILES string of the molecule is CCOC(=O)[C@]1(C)N[C@H](c2ccc(N(C)C)cc2)[C@H]2C(=O)N(C)C(=O)[C@H]21. The van der Waals surface area contributed by atoms with E-state index in [-0.39, 0.29) is 18.4 Å². The zero-order chi connectivity index (χ0) is 19.2. The van der Waals surface area contributed by atoms with Crippen LogP contribution in [0.5, 0.6) is 0 Å². The minimum atomic E-state index is -1.23. The van der Waals surface area contributed by atoms with Gasteiger partial charge in [0.2, 0.25) is 11.8 Å². The van der Waals surface area contributed by atoms with Crippen LogP contribution in [0.3, 0.4) is 0 Å². The third kappa shape index (κ3) is 2.58. The van der Waals surface area contributed by atoms with Crippen LogP contribution in [-0.4, -0.2) is 56.0 Å². The second-order valence-corrected chi connectivity index (χ2v) is 7.27. The predicted molar refractivity (Wildman–Crippen MR) is 96.4 cm³/mol. The Labute approximate surface area is 153 Å². The van der Waals surface area contributed by atoms with Crippen molar-refractivity contribution in [2.45, 2.75) is 25.4 Å². The maximum absolute atomic E-state index is 12.7. The highest BCUT2D eigenvalue weighted by atomic mass is 16.5. The highest BCUT2D eigenvalue weighted by Crippen LogP contribution is 2.48. The van der Waals surface area contributed by atoms with Crippen molar-refractivity contribution in [2.24, 2.45) is 11.8 Å². The third-order valence-electron chi connectivity index (χ3n) is 5.48. The number of rotatable bonds is 4. The Kier molecular flexibility index (Phi) is 4.52. The van der Waals surface area contributed by atoms with E-state index in [0.717, 1.165) is 16.2 Å². The molecule has 2 aliphatic rings. The van der Waals surface area contributed by atoms with E-state index in [4.69, 9.17) is 4.74 Å². The highest BCUT2D eigenvalue weighted by molar-refractivity contribution is 6.09. The fraction of sp³-hybridized carbons (Fsp3) is 0.526. The van der Waals surface area contributed by atoms with Crippen molar-refractivity contribution in [3.8, 4) is 0 Å². The van der Waals surface area contributed by atoms with Crippen LogP contribution in [0.2, 0.25) is 0 Å². The van der Waals surface area contributed by atoms with Gasteiger partial charge in [0.1, 0.15) is 5.54 Å². The van der Waals surface area contributed by atoms with Gasteiger partial charge in [0.15, 0.2) is 0 Å². The molecule has 1 N–H and O–H groups in total. The molecule has 0 aliphatic carbocycles. The van der Waals surface area contributed by atoms with Crippen molar-refractivity contribution >= 4 is 23.5 Å². The smallest absolute Gasteiger partial charge is 0.326 e. The van der Waals surface area contributed by atoms with Crippen molar-refractivity contribution < 1.29 is 19.1 Å². The Hall–Kier alpha value is -2.41. The van der Waals surface area contributed by atoms with Gasteiger partial charge in [-0.1, -0.05) is 12.1 Å².